The third-order valence-electron chi connectivity index (χ3n) is 5.78. The predicted molar refractivity (Wildman–Crippen MR) is 115 cm³/mol. The highest BCUT2D eigenvalue weighted by Gasteiger charge is 2.46. The summed E-state index contributed by atoms with van der Waals surface area (Å²) >= 11 is 0. The van der Waals surface area contributed by atoms with Crippen molar-refractivity contribution in [2.75, 3.05) is 6.61 Å². The molecule has 5 heteroatoms. The normalized spacial score (nSPS) is 23.3. The highest BCUT2D eigenvalue weighted by Crippen LogP contribution is 2.45. The van der Waals surface area contributed by atoms with Gasteiger partial charge >= 0.3 is 0 Å². The molecule has 30 heavy (non-hydrogen) atoms. The van der Waals surface area contributed by atoms with Gasteiger partial charge < -0.3 is 9.84 Å². The average Bonchev–Trinajstić information content (AvgIpc) is 2.71. The van der Waals surface area contributed by atoms with Crippen molar-refractivity contribution >= 4 is 17.9 Å². The van der Waals surface area contributed by atoms with Gasteiger partial charge in [0.1, 0.15) is 23.7 Å². The standard InChI is InChI=1S/C25H26O5/c1-15(2)8-10-25-11-9-16(3)14-30-20-7-5-6-18(13-26)21(20)23(28)22(24(25)29)19(27)12-17(25)4/h5-9,12-13,27H,10-11,14H2,1-4H3/b16-9+/t25-/m0/s1. The van der Waals surface area contributed by atoms with Gasteiger partial charge in [-0.05, 0) is 58.3 Å². The zero-order valence-electron chi connectivity index (χ0n) is 17.7. The molecule has 1 aromatic carbocycles. The zero-order chi connectivity index (χ0) is 22.1. The molecule has 1 aliphatic carbocycles. The highest BCUT2D eigenvalue weighted by atomic mass is 16.5. The molecule has 2 bridgehead atoms. The van der Waals surface area contributed by atoms with Gasteiger partial charge in [0.2, 0.25) is 5.78 Å². The fraction of sp³-hybridized carbons (Fsp3) is 0.320. The maximum Gasteiger partial charge on any atom is 0.204 e. The van der Waals surface area contributed by atoms with Gasteiger partial charge in [-0.2, -0.15) is 0 Å². The quantitative estimate of drug-likeness (QED) is 0.429. The number of aliphatic hydroxyl groups is 1. The van der Waals surface area contributed by atoms with E-state index in [1.807, 2.05) is 32.9 Å². The Morgan fingerprint density at radius 2 is 1.97 bits per heavy atom. The molecule has 1 atom stereocenters. The number of aldehydes is 1. The van der Waals surface area contributed by atoms with Gasteiger partial charge in [0.15, 0.2) is 12.1 Å². The SMILES string of the molecule is CC(C)=CC[C@]12C/C=C(\C)COc3cccc(C=O)c3C(=O)C(=C(O)C=C1C)C2=O. The van der Waals surface area contributed by atoms with Crippen LogP contribution in [0.3, 0.4) is 0 Å². The van der Waals surface area contributed by atoms with Gasteiger partial charge in [0.25, 0.3) is 0 Å². The number of benzene rings is 1. The summed E-state index contributed by atoms with van der Waals surface area (Å²) in [5.74, 6) is -1.28. The Hall–Kier alpha value is -3.21. The van der Waals surface area contributed by atoms with Gasteiger partial charge in [0.05, 0.1) is 11.0 Å². The minimum absolute atomic E-state index is 0.00108. The topological polar surface area (TPSA) is 80.7 Å². The van der Waals surface area contributed by atoms with E-state index in [0.29, 0.717) is 24.7 Å². The second-order valence-corrected chi connectivity index (χ2v) is 8.20. The number of ether oxygens (including phenoxy) is 1. The zero-order valence-corrected chi connectivity index (χ0v) is 17.7. The monoisotopic (exact) mass is 406 g/mol. The molecule has 3 rings (SSSR count). The lowest BCUT2D eigenvalue weighted by Gasteiger charge is -2.35. The van der Waals surface area contributed by atoms with E-state index in [2.05, 4.69) is 0 Å². The number of aliphatic hydroxyl groups excluding tert-OH is 1. The number of carbonyl (C=O) groups is 3. The molecule has 1 heterocycles. The fourth-order valence-corrected chi connectivity index (χ4v) is 3.87. The molecule has 0 spiro atoms. The van der Waals surface area contributed by atoms with Crippen LogP contribution in [0.4, 0.5) is 0 Å². The minimum Gasteiger partial charge on any atom is -0.507 e. The lowest BCUT2D eigenvalue weighted by Crippen LogP contribution is -2.38. The lowest BCUT2D eigenvalue weighted by molar-refractivity contribution is -0.122. The molecule has 0 aromatic heterocycles. The molecule has 0 unspecified atom stereocenters. The van der Waals surface area contributed by atoms with Gasteiger partial charge in [-0.3, -0.25) is 14.4 Å². The van der Waals surface area contributed by atoms with E-state index in [1.54, 1.807) is 19.1 Å². The summed E-state index contributed by atoms with van der Waals surface area (Å²) in [5, 5.41) is 10.6. The Morgan fingerprint density at radius 1 is 1.23 bits per heavy atom. The van der Waals surface area contributed by atoms with Crippen LogP contribution in [0.15, 0.2) is 64.5 Å². The molecule has 2 aliphatic rings. The molecule has 0 fully saturated rings. The second kappa shape index (κ2) is 8.27. The van der Waals surface area contributed by atoms with Crippen LogP contribution in [0.1, 0.15) is 61.3 Å². The third kappa shape index (κ3) is 3.67. The van der Waals surface area contributed by atoms with Crippen molar-refractivity contribution in [3.63, 3.8) is 0 Å². The van der Waals surface area contributed by atoms with Gasteiger partial charge in [-0.25, -0.2) is 0 Å². The van der Waals surface area contributed by atoms with Gasteiger partial charge in [-0.1, -0.05) is 35.4 Å². The Morgan fingerprint density at radius 3 is 2.63 bits per heavy atom. The fourth-order valence-electron chi connectivity index (χ4n) is 3.87. The van der Waals surface area contributed by atoms with Gasteiger partial charge in [-0.15, -0.1) is 0 Å². The van der Waals surface area contributed by atoms with Crippen molar-refractivity contribution in [1.82, 2.24) is 0 Å². The van der Waals surface area contributed by atoms with Crippen molar-refractivity contribution < 1.29 is 24.2 Å². The third-order valence-corrected chi connectivity index (χ3v) is 5.78. The molecule has 0 saturated heterocycles. The first kappa shape index (κ1) is 21.5. The van der Waals surface area contributed by atoms with Crippen LogP contribution in [-0.2, 0) is 4.79 Å². The molecule has 0 amide bonds. The summed E-state index contributed by atoms with van der Waals surface area (Å²) in [6.07, 6.45) is 6.78. The Labute approximate surface area is 176 Å². The van der Waals surface area contributed by atoms with E-state index >= 15 is 0 Å². The van der Waals surface area contributed by atoms with Crippen molar-refractivity contribution in [3.05, 3.63) is 75.6 Å². The predicted octanol–water partition coefficient (Wildman–Crippen LogP) is 5.09. The summed E-state index contributed by atoms with van der Waals surface area (Å²) in [6, 6.07) is 4.71. The maximum absolute atomic E-state index is 13.8. The van der Waals surface area contributed by atoms with Crippen LogP contribution in [-0.4, -0.2) is 29.6 Å². The van der Waals surface area contributed by atoms with Gasteiger partial charge in [0, 0.05) is 5.56 Å². The molecule has 0 saturated carbocycles. The first-order valence-corrected chi connectivity index (χ1v) is 9.92. The van der Waals surface area contributed by atoms with Crippen LogP contribution in [0.2, 0.25) is 0 Å². The molecular weight excluding hydrogens is 380 g/mol. The van der Waals surface area contributed by atoms with Crippen molar-refractivity contribution in [3.8, 4) is 5.75 Å². The van der Waals surface area contributed by atoms with E-state index < -0.39 is 17.0 Å². The number of hydrogen-bond donors (Lipinski definition) is 1. The van der Waals surface area contributed by atoms with E-state index in [-0.39, 0.29) is 34.8 Å². The average molecular weight is 406 g/mol. The Bertz CT molecular complexity index is 1050. The smallest absolute Gasteiger partial charge is 0.204 e. The Balaban J connectivity index is 2.31. The molecule has 1 N–H and O–H groups in total. The van der Waals surface area contributed by atoms with Crippen LogP contribution < -0.4 is 4.74 Å². The van der Waals surface area contributed by atoms with Crippen molar-refractivity contribution in [1.29, 1.82) is 0 Å². The number of fused-ring (bicyclic) bond motifs is 3. The number of Topliss-reactive ketones (excluding diaryl/α,β-unsaturated/α-hetero) is 2. The molecule has 5 nitrogen and oxygen atoms in total. The number of allylic oxidation sites excluding steroid dienone is 6. The summed E-state index contributed by atoms with van der Waals surface area (Å²) in [5.41, 5.74) is 1.51. The van der Waals surface area contributed by atoms with E-state index in [1.165, 1.54) is 12.1 Å². The molecule has 0 radical (unpaired) electrons. The number of hydrogen-bond acceptors (Lipinski definition) is 5. The molecule has 156 valence electrons. The van der Waals surface area contributed by atoms with Crippen molar-refractivity contribution in [2.24, 2.45) is 5.41 Å². The highest BCUT2D eigenvalue weighted by molar-refractivity contribution is 6.31. The van der Waals surface area contributed by atoms with E-state index in [0.717, 1.165) is 11.1 Å². The van der Waals surface area contributed by atoms with Crippen LogP contribution in [0.5, 0.6) is 5.75 Å². The largest absolute Gasteiger partial charge is 0.507 e. The first-order valence-electron chi connectivity index (χ1n) is 9.92. The molecule has 1 aromatic rings. The summed E-state index contributed by atoms with van der Waals surface area (Å²) in [7, 11) is 0. The first-order chi connectivity index (χ1) is 14.2. The summed E-state index contributed by atoms with van der Waals surface area (Å²) in [6.45, 7) is 7.84. The molecular formula is C25H26O5. The summed E-state index contributed by atoms with van der Waals surface area (Å²) in [4.78, 5) is 38.9. The van der Waals surface area contributed by atoms with Crippen molar-refractivity contribution in [2.45, 2.75) is 40.5 Å². The van der Waals surface area contributed by atoms with E-state index in [9.17, 15) is 19.5 Å². The van der Waals surface area contributed by atoms with Crippen LogP contribution in [0, 0.1) is 5.41 Å². The summed E-state index contributed by atoms with van der Waals surface area (Å²) < 4.78 is 5.83. The minimum atomic E-state index is -0.976. The van der Waals surface area contributed by atoms with Crippen LogP contribution >= 0.6 is 0 Å². The molecule has 1 aliphatic heterocycles. The Kier molecular flexibility index (Phi) is 5.92. The second-order valence-electron chi connectivity index (χ2n) is 8.20. The number of rotatable bonds is 3. The number of ketones is 2. The van der Waals surface area contributed by atoms with E-state index in [4.69, 9.17) is 4.74 Å². The number of carbonyl (C=O) groups excluding carboxylic acids is 3. The lowest BCUT2D eigenvalue weighted by atomic mass is 9.65. The van der Waals surface area contributed by atoms with Crippen LogP contribution in [0.25, 0.3) is 0 Å². The maximum atomic E-state index is 13.8.